The Morgan fingerprint density at radius 1 is 1.26 bits per heavy atom. The van der Waals surface area contributed by atoms with E-state index >= 15 is 0 Å². The van der Waals surface area contributed by atoms with Crippen molar-refractivity contribution >= 4 is 44.2 Å². The normalized spacial score (nSPS) is 17.2. The molecule has 0 radical (unpaired) electrons. The number of halogens is 2. The first-order valence-electron chi connectivity index (χ1n) is 6.40. The van der Waals surface area contributed by atoms with Gasteiger partial charge in [-0.1, -0.05) is 41.7 Å². The van der Waals surface area contributed by atoms with Crippen LogP contribution in [0.1, 0.15) is 32.1 Å². The second-order valence-electron chi connectivity index (χ2n) is 4.76. The van der Waals surface area contributed by atoms with Crippen LogP contribution in [-0.2, 0) is 0 Å². The predicted octanol–water partition coefficient (Wildman–Crippen LogP) is 5.43. The first kappa shape index (κ1) is 13.6. The molecule has 0 amide bonds. The highest BCUT2D eigenvalue weighted by molar-refractivity contribution is 8.76. The van der Waals surface area contributed by atoms with E-state index in [9.17, 15) is 4.39 Å². The molecule has 0 unspecified atom stereocenters. The number of nitrogens with zero attached hydrogens (tertiary/aromatic N) is 1. The molecule has 1 aliphatic rings. The van der Waals surface area contributed by atoms with Crippen LogP contribution in [0.5, 0.6) is 0 Å². The Balaban J connectivity index is 1.70. The van der Waals surface area contributed by atoms with Gasteiger partial charge in [0.05, 0.1) is 16.1 Å². The minimum absolute atomic E-state index is 0.132. The molecule has 1 N–H and O–H groups in total. The molecule has 2 nitrogen and oxygen atoms in total. The maximum absolute atomic E-state index is 13.3. The van der Waals surface area contributed by atoms with E-state index in [4.69, 9.17) is 11.6 Å². The molecule has 1 aliphatic carbocycles. The Labute approximate surface area is 124 Å². The van der Waals surface area contributed by atoms with E-state index < -0.39 is 5.82 Å². The van der Waals surface area contributed by atoms with E-state index in [2.05, 4.69) is 9.97 Å². The molecule has 19 heavy (non-hydrogen) atoms. The summed E-state index contributed by atoms with van der Waals surface area (Å²) in [6, 6.07) is 2.97. The van der Waals surface area contributed by atoms with Gasteiger partial charge in [-0.3, -0.25) is 0 Å². The molecule has 1 saturated carbocycles. The molecule has 1 aromatic carbocycles. The van der Waals surface area contributed by atoms with Gasteiger partial charge in [-0.05, 0) is 29.7 Å². The van der Waals surface area contributed by atoms with Crippen molar-refractivity contribution in [2.24, 2.45) is 0 Å². The minimum Gasteiger partial charge on any atom is -0.332 e. The van der Waals surface area contributed by atoms with Crippen molar-refractivity contribution in [2.75, 3.05) is 0 Å². The van der Waals surface area contributed by atoms with E-state index in [0.29, 0.717) is 10.8 Å². The maximum atomic E-state index is 13.3. The van der Waals surface area contributed by atoms with Crippen LogP contribution < -0.4 is 0 Å². The first-order chi connectivity index (χ1) is 9.22. The van der Waals surface area contributed by atoms with Gasteiger partial charge in [-0.15, -0.1) is 0 Å². The lowest BCUT2D eigenvalue weighted by molar-refractivity contribution is 0.517. The van der Waals surface area contributed by atoms with Gasteiger partial charge in [0.2, 0.25) is 0 Å². The van der Waals surface area contributed by atoms with Crippen LogP contribution in [0.2, 0.25) is 5.02 Å². The van der Waals surface area contributed by atoms with Crippen molar-refractivity contribution in [1.29, 1.82) is 0 Å². The molecule has 0 saturated heterocycles. The number of H-pyrrole nitrogens is 1. The van der Waals surface area contributed by atoms with E-state index in [1.165, 1.54) is 38.2 Å². The molecule has 1 aromatic heterocycles. The average molecular weight is 317 g/mol. The fraction of sp³-hybridized carbons (Fsp3) is 0.462. The number of hydrogen-bond donors (Lipinski definition) is 1. The summed E-state index contributed by atoms with van der Waals surface area (Å²) in [7, 11) is 3.52. The number of fused-ring (bicyclic) bond motifs is 1. The molecule has 3 rings (SSSR count). The molecule has 0 aliphatic heterocycles. The van der Waals surface area contributed by atoms with Crippen LogP contribution in [0, 0.1) is 5.82 Å². The molecule has 0 atom stereocenters. The third kappa shape index (κ3) is 3.20. The Bertz CT molecular complexity index is 542. The quantitative estimate of drug-likeness (QED) is 0.765. The number of benzene rings is 1. The summed E-state index contributed by atoms with van der Waals surface area (Å²) in [6.07, 6.45) is 6.61. The second kappa shape index (κ2) is 5.94. The number of rotatable bonds is 3. The predicted molar refractivity (Wildman–Crippen MR) is 81.4 cm³/mol. The highest BCUT2D eigenvalue weighted by Gasteiger charge is 2.15. The largest absolute Gasteiger partial charge is 0.332 e. The summed E-state index contributed by atoms with van der Waals surface area (Å²) >= 11 is 5.76. The van der Waals surface area contributed by atoms with Crippen LogP contribution in [0.15, 0.2) is 17.3 Å². The summed E-state index contributed by atoms with van der Waals surface area (Å²) in [6.45, 7) is 0. The lowest BCUT2D eigenvalue weighted by atomic mass is 10.0. The third-order valence-electron chi connectivity index (χ3n) is 3.32. The van der Waals surface area contributed by atoms with Crippen LogP contribution >= 0.6 is 33.2 Å². The van der Waals surface area contributed by atoms with Crippen molar-refractivity contribution in [3.63, 3.8) is 0 Å². The minimum atomic E-state index is -0.419. The Morgan fingerprint density at radius 3 is 2.84 bits per heavy atom. The second-order valence-corrected chi connectivity index (χ2v) is 7.66. The van der Waals surface area contributed by atoms with Crippen LogP contribution in [0.25, 0.3) is 11.0 Å². The zero-order valence-electron chi connectivity index (χ0n) is 10.3. The van der Waals surface area contributed by atoms with Gasteiger partial charge >= 0.3 is 0 Å². The highest BCUT2D eigenvalue weighted by atomic mass is 35.5. The fourth-order valence-corrected chi connectivity index (χ4v) is 5.00. The third-order valence-corrected chi connectivity index (χ3v) is 6.38. The average Bonchev–Trinajstić information content (AvgIpc) is 2.80. The number of nitrogens with one attached hydrogen (secondary N) is 1. The molecule has 0 bridgehead atoms. The number of hydrogen-bond acceptors (Lipinski definition) is 3. The molecule has 6 heteroatoms. The first-order valence-corrected chi connectivity index (χ1v) is 8.99. The van der Waals surface area contributed by atoms with E-state index in [1.54, 1.807) is 16.9 Å². The van der Waals surface area contributed by atoms with Gasteiger partial charge in [0.25, 0.3) is 0 Å². The van der Waals surface area contributed by atoms with Gasteiger partial charge in [-0.2, -0.15) is 0 Å². The summed E-state index contributed by atoms with van der Waals surface area (Å²) in [5, 5.41) is 1.67. The molecule has 1 heterocycles. The molecular weight excluding hydrogens is 303 g/mol. The Morgan fingerprint density at radius 2 is 2.05 bits per heavy atom. The summed E-state index contributed by atoms with van der Waals surface area (Å²) < 4.78 is 13.3. The van der Waals surface area contributed by atoms with E-state index in [1.807, 2.05) is 10.8 Å². The van der Waals surface area contributed by atoms with Crippen LogP contribution in [0.4, 0.5) is 4.39 Å². The number of aromatic amines is 1. The zero-order valence-corrected chi connectivity index (χ0v) is 12.7. The lowest BCUT2D eigenvalue weighted by Crippen LogP contribution is -2.06. The lowest BCUT2D eigenvalue weighted by Gasteiger charge is -2.19. The zero-order chi connectivity index (χ0) is 13.2. The fourth-order valence-electron chi connectivity index (χ4n) is 2.30. The van der Waals surface area contributed by atoms with Crippen LogP contribution in [-0.4, -0.2) is 15.2 Å². The van der Waals surface area contributed by atoms with Crippen LogP contribution in [0.3, 0.4) is 0 Å². The molecule has 1 fully saturated rings. The van der Waals surface area contributed by atoms with Crippen molar-refractivity contribution in [2.45, 2.75) is 42.5 Å². The SMILES string of the molecule is Fc1cc2nc(SSC3CCCCC3)[nH]c2cc1Cl. The smallest absolute Gasteiger partial charge is 0.177 e. The van der Waals surface area contributed by atoms with E-state index in [-0.39, 0.29) is 5.02 Å². The number of imidazole rings is 1. The monoisotopic (exact) mass is 316 g/mol. The molecule has 0 spiro atoms. The summed E-state index contributed by atoms with van der Waals surface area (Å²) in [5.41, 5.74) is 1.42. The maximum Gasteiger partial charge on any atom is 0.177 e. The molecule has 102 valence electrons. The standard InChI is InChI=1S/C13H14ClFN2S2/c14-9-6-11-12(7-10(9)15)17-13(16-11)19-18-8-4-2-1-3-5-8/h6-8H,1-5H2,(H,16,17). The summed E-state index contributed by atoms with van der Waals surface area (Å²) in [5.74, 6) is -0.419. The molecular formula is C13H14ClFN2S2. The Hall–Kier alpha value is -0.390. The Kier molecular flexibility index (Phi) is 4.24. The van der Waals surface area contributed by atoms with Gasteiger partial charge in [-0.25, -0.2) is 9.37 Å². The van der Waals surface area contributed by atoms with Crippen molar-refractivity contribution < 1.29 is 4.39 Å². The van der Waals surface area contributed by atoms with Gasteiger partial charge in [0.1, 0.15) is 5.82 Å². The van der Waals surface area contributed by atoms with Crippen molar-refractivity contribution in [3.05, 3.63) is 23.0 Å². The van der Waals surface area contributed by atoms with Gasteiger partial charge in [0, 0.05) is 11.3 Å². The van der Waals surface area contributed by atoms with Gasteiger partial charge < -0.3 is 4.98 Å². The van der Waals surface area contributed by atoms with Gasteiger partial charge in [0.15, 0.2) is 5.16 Å². The van der Waals surface area contributed by atoms with Crippen molar-refractivity contribution in [1.82, 2.24) is 9.97 Å². The number of aromatic nitrogens is 2. The topological polar surface area (TPSA) is 28.7 Å². The van der Waals surface area contributed by atoms with E-state index in [0.717, 1.165) is 10.7 Å². The molecule has 2 aromatic rings. The van der Waals surface area contributed by atoms with Crippen molar-refractivity contribution in [3.8, 4) is 0 Å². The highest BCUT2D eigenvalue weighted by Crippen LogP contribution is 2.39. The summed E-state index contributed by atoms with van der Waals surface area (Å²) in [4.78, 5) is 7.57.